The van der Waals surface area contributed by atoms with E-state index in [1.807, 2.05) is 34.8 Å². The molecule has 1 aromatic rings. The van der Waals surface area contributed by atoms with Gasteiger partial charge in [-0.1, -0.05) is 0 Å². The number of hydrogen-bond donors (Lipinski definition) is 1. The number of piperidine rings is 2. The maximum atomic E-state index is 12.7. The fourth-order valence-corrected chi connectivity index (χ4v) is 4.25. The van der Waals surface area contributed by atoms with Gasteiger partial charge in [0.25, 0.3) is 5.91 Å². The van der Waals surface area contributed by atoms with Crippen molar-refractivity contribution in [3.63, 3.8) is 0 Å². The Labute approximate surface area is 161 Å². The number of rotatable bonds is 6. The summed E-state index contributed by atoms with van der Waals surface area (Å²) < 4.78 is 6.88. The van der Waals surface area contributed by atoms with E-state index < -0.39 is 0 Å². The van der Waals surface area contributed by atoms with E-state index in [1.165, 1.54) is 0 Å². The molecule has 0 aromatic carbocycles. The van der Waals surface area contributed by atoms with Gasteiger partial charge in [0.15, 0.2) is 0 Å². The first-order valence-corrected chi connectivity index (χ1v) is 10.0. The molecule has 1 aromatic heterocycles. The fraction of sp³-hybridized carbons (Fsp3) is 0.700. The molecule has 2 fully saturated rings. The number of ether oxygens (including phenoxy) is 1. The third-order valence-corrected chi connectivity index (χ3v) is 5.86. The van der Waals surface area contributed by atoms with Crippen LogP contribution < -0.4 is 5.32 Å². The van der Waals surface area contributed by atoms with Crippen LogP contribution in [-0.4, -0.2) is 78.7 Å². The van der Waals surface area contributed by atoms with E-state index in [0.717, 1.165) is 57.6 Å². The smallest absolute Gasteiger partial charge is 0.270 e. The Morgan fingerprint density at radius 1 is 1.22 bits per heavy atom. The third-order valence-electron chi connectivity index (χ3n) is 5.86. The molecule has 3 rings (SSSR count). The molecule has 150 valence electrons. The average Bonchev–Trinajstić information content (AvgIpc) is 3.13. The highest BCUT2D eigenvalue weighted by Gasteiger charge is 2.32. The number of aromatic nitrogens is 1. The molecule has 1 unspecified atom stereocenters. The van der Waals surface area contributed by atoms with Crippen molar-refractivity contribution in [3.8, 4) is 0 Å². The van der Waals surface area contributed by atoms with Crippen LogP contribution in [0.25, 0.3) is 0 Å². The van der Waals surface area contributed by atoms with Crippen molar-refractivity contribution in [2.75, 3.05) is 46.4 Å². The fourth-order valence-electron chi connectivity index (χ4n) is 4.25. The molecule has 0 aliphatic carbocycles. The normalized spacial score (nSPS) is 22.0. The zero-order chi connectivity index (χ0) is 19.2. The molecule has 2 aliphatic heterocycles. The van der Waals surface area contributed by atoms with E-state index in [-0.39, 0.29) is 17.7 Å². The topological polar surface area (TPSA) is 66.8 Å². The van der Waals surface area contributed by atoms with Crippen LogP contribution in [0.15, 0.2) is 18.3 Å². The van der Waals surface area contributed by atoms with Crippen molar-refractivity contribution in [2.45, 2.75) is 31.7 Å². The van der Waals surface area contributed by atoms with Crippen molar-refractivity contribution >= 4 is 11.8 Å². The van der Waals surface area contributed by atoms with E-state index in [4.69, 9.17) is 4.74 Å². The van der Waals surface area contributed by atoms with Crippen LogP contribution in [0.3, 0.4) is 0 Å². The zero-order valence-electron chi connectivity index (χ0n) is 16.5. The molecule has 2 saturated heterocycles. The van der Waals surface area contributed by atoms with Gasteiger partial charge in [0.1, 0.15) is 5.69 Å². The van der Waals surface area contributed by atoms with Crippen LogP contribution in [0.4, 0.5) is 0 Å². The van der Waals surface area contributed by atoms with Crippen molar-refractivity contribution in [3.05, 3.63) is 24.0 Å². The van der Waals surface area contributed by atoms with Gasteiger partial charge in [0.2, 0.25) is 5.91 Å². The lowest BCUT2D eigenvalue weighted by Crippen LogP contribution is -2.51. The number of likely N-dealkylation sites (tertiary alicyclic amines) is 2. The predicted molar refractivity (Wildman–Crippen MR) is 104 cm³/mol. The number of carbonyl (C=O) groups excluding carboxylic acids is 2. The molecule has 2 aliphatic rings. The van der Waals surface area contributed by atoms with Crippen LogP contribution in [0.2, 0.25) is 0 Å². The molecular weight excluding hydrogens is 344 g/mol. The highest BCUT2D eigenvalue weighted by Crippen LogP contribution is 2.24. The largest absolute Gasteiger partial charge is 0.383 e. The minimum Gasteiger partial charge on any atom is -0.383 e. The van der Waals surface area contributed by atoms with Crippen LogP contribution in [0, 0.1) is 5.92 Å². The second-order valence-corrected chi connectivity index (χ2v) is 7.65. The van der Waals surface area contributed by atoms with Crippen LogP contribution in [0.5, 0.6) is 0 Å². The molecule has 3 heterocycles. The Kier molecular flexibility index (Phi) is 6.90. The minimum atomic E-state index is 0.0682. The lowest BCUT2D eigenvalue weighted by molar-refractivity contribution is -0.127. The molecule has 1 atom stereocenters. The number of amides is 2. The number of nitrogens with one attached hydrogen (secondary N) is 1. The monoisotopic (exact) mass is 376 g/mol. The standard InChI is InChI=1S/C20H32N4O3/c1-22-10-4-6-18(22)20(26)23-12-7-17(8-13-23)24-11-3-5-16(15-24)19(25)21-9-14-27-2/h4,6,10,16-17H,3,5,7-9,11-15H2,1-2H3,(H,21,25). The molecule has 0 saturated carbocycles. The third kappa shape index (κ3) is 4.90. The van der Waals surface area contributed by atoms with Crippen molar-refractivity contribution in [2.24, 2.45) is 13.0 Å². The Bertz CT molecular complexity index is 637. The van der Waals surface area contributed by atoms with Crippen LogP contribution >= 0.6 is 0 Å². The molecular formula is C20H32N4O3. The second-order valence-electron chi connectivity index (χ2n) is 7.65. The summed E-state index contributed by atoms with van der Waals surface area (Å²) in [4.78, 5) is 29.4. The van der Waals surface area contributed by atoms with Crippen molar-refractivity contribution < 1.29 is 14.3 Å². The molecule has 2 amide bonds. The van der Waals surface area contributed by atoms with Crippen LogP contribution in [-0.2, 0) is 16.6 Å². The Morgan fingerprint density at radius 3 is 2.67 bits per heavy atom. The van der Waals surface area contributed by atoms with E-state index in [1.54, 1.807) is 7.11 Å². The summed E-state index contributed by atoms with van der Waals surface area (Å²) in [6, 6.07) is 4.26. The quantitative estimate of drug-likeness (QED) is 0.755. The number of aryl methyl sites for hydroxylation is 1. The SMILES string of the molecule is COCCNC(=O)C1CCCN(C2CCN(C(=O)c3cccn3C)CC2)C1. The highest BCUT2D eigenvalue weighted by molar-refractivity contribution is 5.92. The van der Waals surface area contributed by atoms with Gasteiger partial charge in [-0.2, -0.15) is 0 Å². The van der Waals surface area contributed by atoms with E-state index >= 15 is 0 Å². The van der Waals surface area contributed by atoms with Gasteiger partial charge >= 0.3 is 0 Å². The zero-order valence-corrected chi connectivity index (χ0v) is 16.5. The van der Waals surface area contributed by atoms with Gasteiger partial charge in [-0.3, -0.25) is 14.5 Å². The maximum Gasteiger partial charge on any atom is 0.270 e. The molecule has 1 N–H and O–H groups in total. The summed E-state index contributed by atoms with van der Waals surface area (Å²) in [7, 11) is 3.55. The van der Waals surface area contributed by atoms with Crippen LogP contribution in [0.1, 0.15) is 36.2 Å². The Hall–Kier alpha value is -1.86. The van der Waals surface area contributed by atoms with Gasteiger partial charge < -0.3 is 19.5 Å². The van der Waals surface area contributed by atoms with Gasteiger partial charge in [0, 0.05) is 52.6 Å². The highest BCUT2D eigenvalue weighted by atomic mass is 16.5. The lowest BCUT2D eigenvalue weighted by atomic mass is 9.93. The predicted octanol–water partition coefficient (Wildman–Crippen LogP) is 1.10. The number of methoxy groups -OCH3 is 1. The Morgan fingerprint density at radius 2 is 2.00 bits per heavy atom. The first-order chi connectivity index (χ1) is 13.1. The number of nitrogens with zero attached hydrogens (tertiary/aromatic N) is 3. The first kappa shape index (κ1) is 19.9. The Balaban J connectivity index is 1.48. The summed E-state index contributed by atoms with van der Waals surface area (Å²) in [5, 5.41) is 2.97. The summed E-state index contributed by atoms with van der Waals surface area (Å²) in [6.07, 6.45) is 5.89. The molecule has 0 radical (unpaired) electrons. The number of carbonyl (C=O) groups is 2. The van der Waals surface area contributed by atoms with E-state index in [0.29, 0.717) is 19.2 Å². The summed E-state index contributed by atoms with van der Waals surface area (Å²) in [6.45, 7) is 4.58. The van der Waals surface area contributed by atoms with Gasteiger partial charge in [-0.05, 0) is 44.4 Å². The summed E-state index contributed by atoms with van der Waals surface area (Å²) in [5.74, 6) is 0.335. The molecule has 27 heavy (non-hydrogen) atoms. The second kappa shape index (κ2) is 9.37. The van der Waals surface area contributed by atoms with Crippen molar-refractivity contribution in [1.82, 2.24) is 19.7 Å². The van der Waals surface area contributed by atoms with Gasteiger partial charge in [-0.25, -0.2) is 0 Å². The summed E-state index contributed by atoms with van der Waals surface area (Å²) >= 11 is 0. The van der Waals surface area contributed by atoms with Crippen molar-refractivity contribution in [1.29, 1.82) is 0 Å². The summed E-state index contributed by atoms with van der Waals surface area (Å²) in [5.41, 5.74) is 0.749. The molecule has 7 heteroatoms. The maximum absolute atomic E-state index is 12.7. The minimum absolute atomic E-state index is 0.0682. The molecule has 0 bridgehead atoms. The van der Waals surface area contributed by atoms with E-state index in [9.17, 15) is 9.59 Å². The van der Waals surface area contributed by atoms with Gasteiger partial charge in [-0.15, -0.1) is 0 Å². The number of hydrogen-bond acceptors (Lipinski definition) is 4. The van der Waals surface area contributed by atoms with Gasteiger partial charge in [0.05, 0.1) is 12.5 Å². The molecule has 7 nitrogen and oxygen atoms in total. The first-order valence-electron chi connectivity index (χ1n) is 10.0. The lowest BCUT2D eigenvalue weighted by Gasteiger charge is -2.42. The van der Waals surface area contributed by atoms with E-state index in [2.05, 4.69) is 10.2 Å². The molecule has 0 spiro atoms. The average molecular weight is 377 g/mol.